The fraction of sp³-hybridized carbons (Fsp3) is 0.419. The van der Waals surface area contributed by atoms with E-state index in [0.29, 0.717) is 24.2 Å². The number of nitrogens with zero attached hydrogens (tertiary/aromatic N) is 3. The zero-order valence-corrected chi connectivity index (χ0v) is 22.3. The molecule has 2 saturated heterocycles. The molecule has 0 bridgehead atoms. The van der Waals surface area contributed by atoms with Crippen LogP contribution in [-0.2, 0) is 5.54 Å². The summed E-state index contributed by atoms with van der Waals surface area (Å²) < 4.78 is 27.1. The van der Waals surface area contributed by atoms with Crippen molar-refractivity contribution < 1.29 is 18.4 Å². The van der Waals surface area contributed by atoms with Crippen LogP contribution in [0.3, 0.4) is 0 Å². The van der Waals surface area contributed by atoms with E-state index in [2.05, 4.69) is 21.2 Å². The van der Waals surface area contributed by atoms with Crippen molar-refractivity contribution in [3.8, 4) is 0 Å². The SMILES string of the molecule is Cc1ccc(N2CC(N3CCC(F)(F)CC3)C2)cc1C(=O)NC1(c2ccc3c4c(cccc24)C(=O)N3C)CC1. The lowest BCUT2D eigenvalue weighted by Gasteiger charge is -2.48. The van der Waals surface area contributed by atoms with E-state index < -0.39 is 11.5 Å². The van der Waals surface area contributed by atoms with Crippen LogP contribution >= 0.6 is 0 Å². The predicted molar refractivity (Wildman–Crippen MR) is 148 cm³/mol. The number of nitrogens with one attached hydrogen (secondary N) is 1. The number of benzene rings is 3. The molecule has 0 spiro atoms. The third-order valence-corrected chi connectivity index (χ3v) is 9.27. The van der Waals surface area contributed by atoms with E-state index in [1.807, 2.05) is 49.4 Å². The summed E-state index contributed by atoms with van der Waals surface area (Å²) in [6.45, 7) is 4.40. The molecule has 6 nitrogen and oxygen atoms in total. The van der Waals surface area contributed by atoms with Gasteiger partial charge in [-0.25, -0.2) is 8.78 Å². The molecule has 3 aliphatic heterocycles. The Hall–Kier alpha value is -3.52. The number of hydrogen-bond donors (Lipinski definition) is 1. The van der Waals surface area contributed by atoms with Gasteiger partial charge in [-0.2, -0.15) is 0 Å². The first-order valence-electron chi connectivity index (χ1n) is 13.8. The van der Waals surface area contributed by atoms with Gasteiger partial charge in [0, 0.05) is 74.3 Å². The molecule has 8 heteroatoms. The number of amides is 2. The molecule has 3 aromatic carbocycles. The first-order valence-corrected chi connectivity index (χ1v) is 13.8. The summed E-state index contributed by atoms with van der Waals surface area (Å²) in [6, 6.07) is 16.2. The summed E-state index contributed by atoms with van der Waals surface area (Å²) in [5.74, 6) is -2.63. The maximum Gasteiger partial charge on any atom is 0.258 e. The molecule has 39 heavy (non-hydrogen) atoms. The van der Waals surface area contributed by atoms with Gasteiger partial charge in [-0.1, -0.05) is 24.3 Å². The number of aryl methyl sites for hydroxylation is 1. The second kappa shape index (κ2) is 8.49. The first-order chi connectivity index (χ1) is 18.7. The highest BCUT2D eigenvalue weighted by Crippen LogP contribution is 2.50. The Balaban J connectivity index is 1.10. The molecule has 3 heterocycles. The number of piperidine rings is 1. The summed E-state index contributed by atoms with van der Waals surface area (Å²) in [5.41, 5.74) is 4.79. The van der Waals surface area contributed by atoms with Crippen LogP contribution in [0.1, 0.15) is 57.5 Å². The lowest BCUT2D eigenvalue weighted by atomic mass is 9.94. The smallest absolute Gasteiger partial charge is 0.258 e. The molecule has 2 amide bonds. The van der Waals surface area contributed by atoms with Crippen LogP contribution in [0.25, 0.3) is 10.8 Å². The van der Waals surface area contributed by atoms with Crippen LogP contribution in [0, 0.1) is 6.92 Å². The van der Waals surface area contributed by atoms with Crippen molar-refractivity contribution in [3.63, 3.8) is 0 Å². The second-order valence-electron chi connectivity index (χ2n) is 11.7. The van der Waals surface area contributed by atoms with E-state index in [9.17, 15) is 18.4 Å². The molecule has 0 aromatic heterocycles. The molecule has 3 aromatic rings. The molecule has 1 saturated carbocycles. The topological polar surface area (TPSA) is 55.9 Å². The largest absolute Gasteiger partial charge is 0.368 e. The van der Waals surface area contributed by atoms with Crippen molar-refractivity contribution in [2.45, 2.75) is 50.1 Å². The highest BCUT2D eigenvalue weighted by atomic mass is 19.3. The Bertz CT molecular complexity index is 1520. The average molecular weight is 531 g/mol. The standard InChI is InChI=1S/C31H32F2N4O2/c1-19-6-7-20(37-17-21(18-37)36-14-12-31(32,33)13-15-36)16-24(19)28(38)34-30(10-11-30)25-8-9-26-27-22(25)4-3-5-23(27)29(39)35(26)2/h3-9,16,21H,10-15,17-18H2,1-2H3,(H,34,38). The van der Waals surface area contributed by atoms with E-state index in [0.717, 1.165) is 59.2 Å². The Morgan fingerprint density at radius 1 is 1.00 bits per heavy atom. The number of likely N-dealkylation sites (tertiary alicyclic amines) is 1. The van der Waals surface area contributed by atoms with Crippen LogP contribution in [0.4, 0.5) is 20.2 Å². The number of carbonyl (C=O) groups is 2. The Labute approximate surface area is 226 Å². The number of carbonyl (C=O) groups excluding carboxylic acids is 2. The van der Waals surface area contributed by atoms with E-state index in [1.54, 1.807) is 11.9 Å². The van der Waals surface area contributed by atoms with Gasteiger partial charge in [0.05, 0.1) is 11.2 Å². The van der Waals surface area contributed by atoms with Crippen molar-refractivity contribution >= 4 is 34.0 Å². The van der Waals surface area contributed by atoms with Gasteiger partial charge in [0.15, 0.2) is 0 Å². The second-order valence-corrected chi connectivity index (χ2v) is 11.7. The Kier molecular flexibility index (Phi) is 5.34. The van der Waals surface area contributed by atoms with Crippen molar-refractivity contribution in [1.82, 2.24) is 10.2 Å². The number of rotatable bonds is 5. The van der Waals surface area contributed by atoms with E-state index in [-0.39, 0.29) is 30.7 Å². The van der Waals surface area contributed by atoms with Gasteiger partial charge in [0.25, 0.3) is 17.7 Å². The molecule has 3 fully saturated rings. The zero-order chi connectivity index (χ0) is 27.1. The van der Waals surface area contributed by atoms with Crippen LogP contribution in [-0.4, -0.2) is 61.9 Å². The van der Waals surface area contributed by atoms with Crippen LogP contribution in [0.5, 0.6) is 0 Å². The third-order valence-electron chi connectivity index (χ3n) is 9.27. The molecule has 0 unspecified atom stereocenters. The lowest BCUT2D eigenvalue weighted by Crippen LogP contribution is -2.61. The van der Waals surface area contributed by atoms with Gasteiger partial charge in [-0.05, 0) is 60.5 Å². The average Bonchev–Trinajstić information content (AvgIpc) is 3.62. The lowest BCUT2D eigenvalue weighted by molar-refractivity contribution is -0.0649. The summed E-state index contributed by atoms with van der Waals surface area (Å²) in [7, 11) is 1.80. The van der Waals surface area contributed by atoms with Crippen LogP contribution in [0.15, 0.2) is 48.5 Å². The number of halogens is 2. The molecule has 1 aliphatic carbocycles. The highest BCUT2D eigenvalue weighted by molar-refractivity contribution is 6.25. The van der Waals surface area contributed by atoms with Crippen molar-refractivity contribution in [2.24, 2.45) is 0 Å². The molecule has 4 aliphatic rings. The van der Waals surface area contributed by atoms with Gasteiger partial charge in [-0.3, -0.25) is 14.5 Å². The van der Waals surface area contributed by atoms with Crippen molar-refractivity contribution in [3.05, 3.63) is 70.8 Å². The van der Waals surface area contributed by atoms with Gasteiger partial charge in [-0.15, -0.1) is 0 Å². The van der Waals surface area contributed by atoms with E-state index >= 15 is 0 Å². The van der Waals surface area contributed by atoms with Gasteiger partial charge in [0.1, 0.15) is 0 Å². The fourth-order valence-corrected chi connectivity index (χ4v) is 6.59. The van der Waals surface area contributed by atoms with Crippen molar-refractivity contribution in [1.29, 1.82) is 0 Å². The molecular weight excluding hydrogens is 498 g/mol. The maximum atomic E-state index is 13.7. The summed E-state index contributed by atoms with van der Waals surface area (Å²) in [6.07, 6.45) is 1.57. The van der Waals surface area contributed by atoms with Gasteiger partial charge in [0.2, 0.25) is 0 Å². The Morgan fingerprint density at radius 2 is 1.74 bits per heavy atom. The minimum absolute atomic E-state index is 0.000492. The quantitative estimate of drug-likeness (QED) is 0.500. The number of anilines is 2. The maximum absolute atomic E-state index is 13.7. The fourth-order valence-electron chi connectivity index (χ4n) is 6.59. The molecule has 0 atom stereocenters. The van der Waals surface area contributed by atoms with Gasteiger partial charge < -0.3 is 15.1 Å². The van der Waals surface area contributed by atoms with E-state index in [1.165, 1.54) is 0 Å². The summed E-state index contributed by atoms with van der Waals surface area (Å²) in [4.78, 5) is 32.5. The normalized spacial score (nSPS) is 21.8. The van der Waals surface area contributed by atoms with Crippen molar-refractivity contribution in [2.75, 3.05) is 43.0 Å². The molecule has 7 rings (SSSR count). The number of alkyl halides is 2. The zero-order valence-electron chi connectivity index (χ0n) is 22.3. The Morgan fingerprint density at radius 3 is 2.46 bits per heavy atom. The minimum atomic E-state index is -2.53. The van der Waals surface area contributed by atoms with Crippen LogP contribution in [0.2, 0.25) is 0 Å². The van der Waals surface area contributed by atoms with Gasteiger partial charge >= 0.3 is 0 Å². The summed E-state index contributed by atoms with van der Waals surface area (Å²) in [5, 5.41) is 5.34. The molecule has 0 radical (unpaired) electrons. The molecule has 1 N–H and O–H groups in total. The van der Waals surface area contributed by atoms with Crippen LogP contribution < -0.4 is 15.1 Å². The highest BCUT2D eigenvalue weighted by Gasteiger charge is 2.48. The monoisotopic (exact) mass is 530 g/mol. The molecular formula is C31H32F2N4O2. The van der Waals surface area contributed by atoms with E-state index in [4.69, 9.17) is 0 Å². The predicted octanol–water partition coefficient (Wildman–Crippen LogP) is 5.08. The molecule has 202 valence electrons. The minimum Gasteiger partial charge on any atom is -0.368 e. The first kappa shape index (κ1) is 24.5. The number of hydrogen-bond acceptors (Lipinski definition) is 4. The summed E-state index contributed by atoms with van der Waals surface area (Å²) >= 11 is 0. The third kappa shape index (κ3) is 3.91.